The van der Waals surface area contributed by atoms with Gasteiger partial charge in [0.2, 0.25) is 0 Å². The lowest BCUT2D eigenvalue weighted by Crippen LogP contribution is -2.00. The van der Waals surface area contributed by atoms with Crippen molar-refractivity contribution in [2.24, 2.45) is 5.73 Å². The first-order valence-electron chi connectivity index (χ1n) is 3.92. The van der Waals surface area contributed by atoms with Crippen LogP contribution in [-0.2, 0) is 0 Å². The molecule has 0 radical (unpaired) electrons. The Kier molecular flexibility index (Phi) is 4.73. The van der Waals surface area contributed by atoms with Crippen LogP contribution in [0.25, 0.3) is 0 Å². The first-order chi connectivity index (χ1) is 4.80. The van der Waals surface area contributed by atoms with Crippen LogP contribution < -0.4 is 5.73 Å². The zero-order valence-electron chi connectivity index (χ0n) is 7.15. The average molecular weight is 141 g/mol. The third-order valence-corrected chi connectivity index (χ3v) is 1.48. The summed E-state index contributed by atoms with van der Waals surface area (Å²) >= 11 is 0. The molecule has 0 atom stereocenters. The largest absolute Gasteiger partial charge is 0.399 e. The van der Waals surface area contributed by atoms with Crippen LogP contribution in [0.5, 0.6) is 0 Å². The van der Waals surface area contributed by atoms with E-state index in [1.165, 1.54) is 5.57 Å². The highest BCUT2D eigenvalue weighted by Crippen LogP contribution is 2.13. The van der Waals surface area contributed by atoms with Crippen molar-refractivity contribution in [1.82, 2.24) is 0 Å². The second kappa shape index (κ2) is 5.10. The van der Waals surface area contributed by atoms with Gasteiger partial charge >= 0.3 is 0 Å². The molecule has 0 saturated carbocycles. The number of hydrogen-bond donors (Lipinski definition) is 1. The van der Waals surface area contributed by atoms with Crippen molar-refractivity contribution in [2.45, 2.75) is 33.6 Å². The number of hydrogen-bond acceptors (Lipinski definition) is 1. The topological polar surface area (TPSA) is 26.0 Å². The van der Waals surface area contributed by atoms with Crippen LogP contribution in [0.15, 0.2) is 23.4 Å². The fourth-order valence-corrected chi connectivity index (χ4v) is 0.797. The van der Waals surface area contributed by atoms with Crippen molar-refractivity contribution in [3.8, 4) is 0 Å². The van der Waals surface area contributed by atoms with Crippen molar-refractivity contribution in [1.29, 1.82) is 0 Å². The molecule has 0 aromatic rings. The van der Waals surface area contributed by atoms with Gasteiger partial charge in [0.05, 0.1) is 0 Å². The van der Waals surface area contributed by atoms with Crippen molar-refractivity contribution < 1.29 is 1.43 Å². The highest BCUT2D eigenvalue weighted by molar-refractivity contribution is 5.24. The van der Waals surface area contributed by atoms with Crippen LogP contribution in [0.4, 0.5) is 0 Å². The molecule has 0 unspecified atom stereocenters. The summed E-state index contributed by atoms with van der Waals surface area (Å²) in [6.07, 6.45) is 6.40. The zero-order valence-corrected chi connectivity index (χ0v) is 7.15. The van der Waals surface area contributed by atoms with Crippen molar-refractivity contribution in [2.75, 3.05) is 0 Å². The monoisotopic (exact) mass is 141 g/mol. The molecule has 0 aliphatic heterocycles. The lowest BCUT2D eigenvalue weighted by atomic mass is 10.0. The third kappa shape index (κ3) is 2.72. The molecule has 0 aromatic carbocycles. The summed E-state index contributed by atoms with van der Waals surface area (Å²) in [6, 6.07) is 0. The Morgan fingerprint density at radius 2 is 2.10 bits per heavy atom. The summed E-state index contributed by atoms with van der Waals surface area (Å²) in [4.78, 5) is 0. The van der Waals surface area contributed by atoms with E-state index < -0.39 is 0 Å². The molecular weight excluding hydrogens is 122 g/mol. The molecule has 0 spiro atoms. The summed E-state index contributed by atoms with van der Waals surface area (Å²) in [7, 11) is 0. The first-order valence-corrected chi connectivity index (χ1v) is 3.92. The predicted molar refractivity (Wildman–Crippen MR) is 48.7 cm³/mol. The molecule has 1 heteroatoms. The molecule has 10 heavy (non-hydrogen) atoms. The van der Waals surface area contributed by atoms with E-state index in [0.29, 0.717) is 0 Å². The SMILES string of the molecule is CC.CC1=C(N)C=CCC1.[HH]. The molecule has 0 heterocycles. The van der Waals surface area contributed by atoms with Crippen LogP contribution >= 0.6 is 0 Å². The number of allylic oxidation sites excluding steroid dienone is 3. The maximum absolute atomic E-state index is 5.57. The van der Waals surface area contributed by atoms with Gasteiger partial charge < -0.3 is 5.73 Å². The predicted octanol–water partition coefficient (Wildman–Crippen LogP) is 2.84. The van der Waals surface area contributed by atoms with Gasteiger partial charge in [-0.15, -0.1) is 0 Å². The third-order valence-electron chi connectivity index (χ3n) is 1.48. The Labute approximate surface area is 65.1 Å². The minimum atomic E-state index is 0. The van der Waals surface area contributed by atoms with Gasteiger partial charge in [-0.05, 0) is 25.8 Å². The zero-order chi connectivity index (χ0) is 7.98. The van der Waals surface area contributed by atoms with Crippen LogP contribution in [0, 0.1) is 0 Å². The van der Waals surface area contributed by atoms with E-state index in [-0.39, 0.29) is 1.43 Å². The summed E-state index contributed by atoms with van der Waals surface area (Å²) < 4.78 is 0. The summed E-state index contributed by atoms with van der Waals surface area (Å²) in [5, 5.41) is 0. The lowest BCUT2D eigenvalue weighted by Gasteiger charge is -2.05. The first kappa shape index (κ1) is 9.28. The van der Waals surface area contributed by atoms with Gasteiger partial charge in [0.25, 0.3) is 0 Å². The van der Waals surface area contributed by atoms with Crippen LogP contribution in [0.2, 0.25) is 0 Å². The molecule has 1 aliphatic carbocycles. The van der Waals surface area contributed by atoms with E-state index in [1.54, 1.807) is 0 Å². The Hall–Kier alpha value is -0.720. The quantitative estimate of drug-likeness (QED) is 0.551. The minimum Gasteiger partial charge on any atom is -0.399 e. The maximum Gasteiger partial charge on any atom is 0.0299 e. The highest BCUT2D eigenvalue weighted by Gasteiger charge is 1.97. The van der Waals surface area contributed by atoms with Gasteiger partial charge in [0.1, 0.15) is 0 Å². The number of rotatable bonds is 0. The molecule has 0 saturated heterocycles. The van der Waals surface area contributed by atoms with Gasteiger partial charge in [0, 0.05) is 7.12 Å². The van der Waals surface area contributed by atoms with Gasteiger partial charge in [0.15, 0.2) is 0 Å². The smallest absolute Gasteiger partial charge is 0.0299 e. The van der Waals surface area contributed by atoms with Crippen molar-refractivity contribution in [3.63, 3.8) is 0 Å². The highest BCUT2D eigenvalue weighted by atomic mass is 14.6. The second-order valence-electron chi connectivity index (χ2n) is 2.18. The Morgan fingerprint density at radius 1 is 1.50 bits per heavy atom. The molecule has 60 valence electrons. The molecule has 0 aromatic heterocycles. The van der Waals surface area contributed by atoms with Crippen LogP contribution in [0.3, 0.4) is 0 Å². The van der Waals surface area contributed by atoms with E-state index in [2.05, 4.69) is 13.0 Å². The molecule has 0 fully saturated rings. The minimum absolute atomic E-state index is 0. The normalized spacial score (nSPS) is 16.3. The van der Waals surface area contributed by atoms with E-state index in [1.807, 2.05) is 19.9 Å². The van der Waals surface area contributed by atoms with Gasteiger partial charge in [-0.2, -0.15) is 0 Å². The molecule has 1 rings (SSSR count). The lowest BCUT2D eigenvalue weighted by molar-refractivity contribution is 0.933. The molecule has 1 aliphatic rings. The summed E-state index contributed by atoms with van der Waals surface area (Å²) in [5.41, 5.74) is 7.85. The Bertz CT molecular complexity index is 148. The summed E-state index contributed by atoms with van der Waals surface area (Å²) in [5.74, 6) is 0. The molecular formula is C9H19N. The van der Waals surface area contributed by atoms with E-state index in [9.17, 15) is 0 Å². The van der Waals surface area contributed by atoms with Gasteiger partial charge in [-0.3, -0.25) is 0 Å². The van der Waals surface area contributed by atoms with Gasteiger partial charge in [-0.1, -0.05) is 25.5 Å². The fraction of sp³-hybridized carbons (Fsp3) is 0.556. The van der Waals surface area contributed by atoms with Crippen LogP contribution in [-0.4, -0.2) is 0 Å². The van der Waals surface area contributed by atoms with Crippen molar-refractivity contribution in [3.05, 3.63) is 23.4 Å². The van der Waals surface area contributed by atoms with Crippen molar-refractivity contribution >= 4 is 0 Å². The second-order valence-corrected chi connectivity index (χ2v) is 2.18. The average Bonchev–Trinajstić information content (AvgIpc) is 2.00. The number of nitrogens with two attached hydrogens (primary N) is 1. The van der Waals surface area contributed by atoms with E-state index >= 15 is 0 Å². The maximum atomic E-state index is 5.57. The molecule has 0 bridgehead atoms. The van der Waals surface area contributed by atoms with E-state index in [4.69, 9.17) is 5.73 Å². The van der Waals surface area contributed by atoms with E-state index in [0.717, 1.165) is 18.5 Å². The molecule has 0 amide bonds. The Balaban J connectivity index is 0. The fourth-order valence-electron chi connectivity index (χ4n) is 0.797. The van der Waals surface area contributed by atoms with Gasteiger partial charge in [-0.25, -0.2) is 0 Å². The molecule has 2 N–H and O–H groups in total. The molecule has 1 nitrogen and oxygen atoms in total. The van der Waals surface area contributed by atoms with Crippen LogP contribution in [0.1, 0.15) is 35.0 Å². The summed E-state index contributed by atoms with van der Waals surface area (Å²) in [6.45, 7) is 6.08. The standard InChI is InChI=1S/C7H11N.C2H6.H2/c1-6-4-2-3-5-7(6)8;1-2;/h3,5H,2,4,8H2,1H3;1-2H3;1H. The Morgan fingerprint density at radius 3 is 2.40 bits per heavy atom.